The molecule has 38 heavy (non-hydrogen) atoms. The van der Waals surface area contributed by atoms with Crippen LogP contribution in [0, 0.1) is 0 Å². The molecule has 0 bridgehead atoms. The van der Waals surface area contributed by atoms with E-state index in [1.54, 1.807) is 11.0 Å². The van der Waals surface area contributed by atoms with Gasteiger partial charge in [0.25, 0.3) is 0 Å². The van der Waals surface area contributed by atoms with Crippen molar-refractivity contribution in [1.29, 1.82) is 0 Å². The number of amides is 2. The summed E-state index contributed by atoms with van der Waals surface area (Å²) in [5.74, 6) is -0.0845. The Morgan fingerprint density at radius 1 is 0.947 bits per heavy atom. The Labute approximate surface area is 227 Å². The van der Waals surface area contributed by atoms with E-state index in [0.717, 1.165) is 49.9 Å². The van der Waals surface area contributed by atoms with Crippen LogP contribution in [0.15, 0.2) is 85.1 Å². The summed E-state index contributed by atoms with van der Waals surface area (Å²) in [4.78, 5) is 31.0. The lowest BCUT2D eigenvalue weighted by atomic mass is 9.94. The van der Waals surface area contributed by atoms with E-state index in [4.69, 9.17) is 0 Å². The van der Waals surface area contributed by atoms with Gasteiger partial charge in [0.05, 0.1) is 6.54 Å². The van der Waals surface area contributed by atoms with Gasteiger partial charge >= 0.3 is 0 Å². The molecule has 1 heterocycles. The zero-order valence-electron chi connectivity index (χ0n) is 22.8. The van der Waals surface area contributed by atoms with Crippen molar-refractivity contribution in [2.45, 2.75) is 77.5 Å². The number of aromatic nitrogens is 1. The standard InChI is InChI=1S/C33H41N3O2/c1-3-27(2)35(32(37)22-21-28-14-7-4-8-15-28)26-33(38)36(30-18-11-6-12-19-30)25-31-20-13-23-34(31)24-29-16-9-5-10-17-29/h4-5,7-10,13-17,20-23,27,30H,3,6,11-12,18-19,24-26H2,1-2H3. The van der Waals surface area contributed by atoms with Gasteiger partial charge < -0.3 is 14.4 Å². The molecule has 0 spiro atoms. The molecular formula is C33H41N3O2. The molecule has 5 nitrogen and oxygen atoms in total. The second kappa shape index (κ2) is 13.8. The molecule has 200 valence electrons. The van der Waals surface area contributed by atoms with Gasteiger partial charge in [0, 0.05) is 36.6 Å². The van der Waals surface area contributed by atoms with Crippen LogP contribution in [0.3, 0.4) is 0 Å². The van der Waals surface area contributed by atoms with E-state index in [1.165, 1.54) is 12.0 Å². The van der Waals surface area contributed by atoms with Crippen molar-refractivity contribution in [3.63, 3.8) is 0 Å². The fourth-order valence-electron chi connectivity index (χ4n) is 5.25. The fraction of sp³-hybridized carbons (Fsp3) is 0.394. The molecule has 1 aliphatic rings. The molecule has 5 heteroatoms. The molecule has 1 fully saturated rings. The summed E-state index contributed by atoms with van der Waals surface area (Å²) in [6.07, 6.45) is 11.9. The van der Waals surface area contributed by atoms with Gasteiger partial charge in [-0.15, -0.1) is 0 Å². The quantitative estimate of drug-likeness (QED) is 0.275. The highest BCUT2D eigenvalue weighted by Gasteiger charge is 2.29. The lowest BCUT2D eigenvalue weighted by Crippen LogP contribution is -2.49. The third-order valence-corrected chi connectivity index (χ3v) is 7.72. The molecule has 1 saturated carbocycles. The van der Waals surface area contributed by atoms with Crippen molar-refractivity contribution in [3.8, 4) is 0 Å². The Kier molecular flexibility index (Phi) is 9.97. The summed E-state index contributed by atoms with van der Waals surface area (Å²) in [6, 6.07) is 24.6. The number of carbonyl (C=O) groups excluding carboxylic acids is 2. The van der Waals surface area contributed by atoms with Crippen LogP contribution in [-0.2, 0) is 22.7 Å². The van der Waals surface area contributed by atoms with Crippen LogP contribution >= 0.6 is 0 Å². The molecule has 2 amide bonds. The average molecular weight is 512 g/mol. The highest BCUT2D eigenvalue weighted by molar-refractivity contribution is 5.94. The van der Waals surface area contributed by atoms with Crippen molar-refractivity contribution < 1.29 is 9.59 Å². The fourth-order valence-corrected chi connectivity index (χ4v) is 5.25. The number of benzene rings is 2. The minimum absolute atomic E-state index is 0.0259. The Bertz CT molecular complexity index is 1180. The van der Waals surface area contributed by atoms with Crippen LogP contribution in [-0.4, -0.2) is 44.8 Å². The summed E-state index contributed by atoms with van der Waals surface area (Å²) in [5, 5.41) is 0. The maximum Gasteiger partial charge on any atom is 0.247 e. The van der Waals surface area contributed by atoms with Gasteiger partial charge in [-0.05, 0) is 55.5 Å². The lowest BCUT2D eigenvalue weighted by molar-refractivity contribution is -0.142. The number of nitrogens with zero attached hydrogens (tertiary/aromatic N) is 3. The highest BCUT2D eigenvalue weighted by Crippen LogP contribution is 2.25. The predicted octanol–water partition coefficient (Wildman–Crippen LogP) is 6.54. The third kappa shape index (κ3) is 7.47. The van der Waals surface area contributed by atoms with Gasteiger partial charge in [-0.3, -0.25) is 9.59 Å². The molecular weight excluding hydrogens is 470 g/mol. The van der Waals surface area contributed by atoms with E-state index in [-0.39, 0.29) is 30.4 Å². The first-order valence-corrected chi connectivity index (χ1v) is 14.1. The molecule has 1 unspecified atom stereocenters. The molecule has 1 aliphatic carbocycles. The Hall–Kier alpha value is -3.60. The van der Waals surface area contributed by atoms with Gasteiger partial charge in [0.2, 0.25) is 11.8 Å². The largest absolute Gasteiger partial charge is 0.345 e. The number of carbonyl (C=O) groups is 2. The van der Waals surface area contributed by atoms with Crippen molar-refractivity contribution in [1.82, 2.24) is 14.4 Å². The molecule has 2 aromatic carbocycles. The molecule has 4 rings (SSSR count). The number of hydrogen-bond donors (Lipinski definition) is 0. The zero-order valence-corrected chi connectivity index (χ0v) is 22.8. The molecule has 0 radical (unpaired) electrons. The van der Waals surface area contributed by atoms with Crippen LogP contribution in [0.4, 0.5) is 0 Å². The molecule has 3 aromatic rings. The van der Waals surface area contributed by atoms with Crippen molar-refractivity contribution in [2.24, 2.45) is 0 Å². The van der Waals surface area contributed by atoms with Crippen LogP contribution < -0.4 is 0 Å². The number of rotatable bonds is 11. The van der Waals surface area contributed by atoms with Crippen LogP contribution in [0.2, 0.25) is 0 Å². The number of hydrogen-bond acceptors (Lipinski definition) is 2. The highest BCUT2D eigenvalue weighted by atomic mass is 16.2. The summed E-state index contributed by atoms with van der Waals surface area (Å²) in [5.41, 5.74) is 3.33. The van der Waals surface area contributed by atoms with Gasteiger partial charge in [-0.25, -0.2) is 0 Å². The van der Waals surface area contributed by atoms with Crippen LogP contribution in [0.5, 0.6) is 0 Å². The Morgan fingerprint density at radius 3 is 2.32 bits per heavy atom. The molecule has 0 N–H and O–H groups in total. The second-order valence-corrected chi connectivity index (χ2v) is 10.4. The summed E-state index contributed by atoms with van der Waals surface area (Å²) in [7, 11) is 0. The van der Waals surface area contributed by atoms with E-state index in [0.29, 0.717) is 6.54 Å². The molecule has 0 saturated heterocycles. The van der Waals surface area contributed by atoms with E-state index < -0.39 is 0 Å². The van der Waals surface area contributed by atoms with Gasteiger partial charge in [-0.2, -0.15) is 0 Å². The van der Waals surface area contributed by atoms with E-state index in [2.05, 4.69) is 59.0 Å². The molecule has 0 aliphatic heterocycles. The zero-order chi connectivity index (χ0) is 26.7. The minimum Gasteiger partial charge on any atom is -0.345 e. The van der Waals surface area contributed by atoms with E-state index in [1.807, 2.05) is 49.4 Å². The predicted molar refractivity (Wildman–Crippen MR) is 154 cm³/mol. The van der Waals surface area contributed by atoms with Crippen molar-refractivity contribution >= 4 is 17.9 Å². The van der Waals surface area contributed by atoms with Crippen LogP contribution in [0.25, 0.3) is 6.08 Å². The maximum atomic E-state index is 13.9. The normalized spacial score (nSPS) is 14.9. The van der Waals surface area contributed by atoms with E-state index in [9.17, 15) is 9.59 Å². The molecule has 1 aromatic heterocycles. The topological polar surface area (TPSA) is 45.6 Å². The lowest BCUT2D eigenvalue weighted by Gasteiger charge is -2.37. The molecule has 1 atom stereocenters. The first-order valence-electron chi connectivity index (χ1n) is 14.1. The summed E-state index contributed by atoms with van der Waals surface area (Å²) in [6.45, 7) is 5.52. The smallest absolute Gasteiger partial charge is 0.247 e. The van der Waals surface area contributed by atoms with Crippen molar-refractivity contribution in [2.75, 3.05) is 6.54 Å². The van der Waals surface area contributed by atoms with Gasteiger partial charge in [0.1, 0.15) is 6.54 Å². The third-order valence-electron chi connectivity index (χ3n) is 7.72. The first kappa shape index (κ1) is 27.4. The Balaban J connectivity index is 1.52. The summed E-state index contributed by atoms with van der Waals surface area (Å²) >= 11 is 0. The van der Waals surface area contributed by atoms with Crippen molar-refractivity contribution in [3.05, 3.63) is 102 Å². The monoisotopic (exact) mass is 511 g/mol. The minimum atomic E-state index is -0.118. The summed E-state index contributed by atoms with van der Waals surface area (Å²) < 4.78 is 2.23. The van der Waals surface area contributed by atoms with Gasteiger partial charge in [-0.1, -0.05) is 86.8 Å². The SMILES string of the molecule is CCC(C)N(CC(=O)N(Cc1cccn1Cc1ccccc1)C1CCCCC1)C(=O)C=Cc1ccccc1. The van der Waals surface area contributed by atoms with Gasteiger partial charge in [0.15, 0.2) is 0 Å². The van der Waals surface area contributed by atoms with E-state index >= 15 is 0 Å². The second-order valence-electron chi connectivity index (χ2n) is 10.4. The van der Waals surface area contributed by atoms with Crippen LogP contribution in [0.1, 0.15) is 69.2 Å². The maximum absolute atomic E-state index is 13.9. The average Bonchev–Trinajstić information content (AvgIpc) is 3.40. The Morgan fingerprint density at radius 2 is 1.63 bits per heavy atom. The first-order chi connectivity index (χ1) is 18.5.